The van der Waals surface area contributed by atoms with Crippen LogP contribution < -0.4 is 16.2 Å². The van der Waals surface area contributed by atoms with Gasteiger partial charge in [0.15, 0.2) is 5.78 Å². The van der Waals surface area contributed by atoms with Crippen molar-refractivity contribution in [2.75, 3.05) is 13.2 Å². The fourth-order valence-corrected chi connectivity index (χ4v) is 3.33. The Morgan fingerprint density at radius 3 is 2.28 bits per heavy atom. The van der Waals surface area contributed by atoms with Crippen LogP contribution in [0.25, 0.3) is 0 Å². The largest absolute Gasteiger partial charge is 0.465 e. The zero-order chi connectivity index (χ0) is 24.6. The van der Waals surface area contributed by atoms with Crippen LogP contribution in [-0.2, 0) is 28.7 Å². The van der Waals surface area contributed by atoms with Gasteiger partial charge >= 0.3 is 11.9 Å². The predicted octanol–water partition coefficient (Wildman–Crippen LogP) is 1.55. The summed E-state index contributed by atoms with van der Waals surface area (Å²) in [6, 6.07) is -0.799. The Hall–Kier alpha value is -2.29. The molecule has 0 aromatic rings. The molecule has 9 nitrogen and oxygen atoms in total. The number of hydrogen-bond donors (Lipinski definition) is 3. The van der Waals surface area contributed by atoms with E-state index in [1.165, 1.54) is 0 Å². The lowest BCUT2D eigenvalue weighted by molar-refractivity contribution is -0.150. The summed E-state index contributed by atoms with van der Waals surface area (Å²) < 4.78 is 5.31. The molecule has 1 aliphatic heterocycles. The van der Waals surface area contributed by atoms with Gasteiger partial charge in [0.2, 0.25) is 11.7 Å². The van der Waals surface area contributed by atoms with E-state index >= 15 is 0 Å². The fourth-order valence-electron chi connectivity index (χ4n) is 3.33. The number of rotatable bonds is 11. The Balaban J connectivity index is 2.84. The van der Waals surface area contributed by atoms with Crippen molar-refractivity contribution < 1.29 is 28.7 Å². The third kappa shape index (κ3) is 9.46. The molecule has 0 saturated carbocycles. The minimum Gasteiger partial charge on any atom is -0.465 e. The van der Waals surface area contributed by atoms with Crippen molar-refractivity contribution in [3.8, 4) is 0 Å². The van der Waals surface area contributed by atoms with Crippen LogP contribution >= 0.6 is 0 Å². The maximum atomic E-state index is 13.0. The normalized spacial score (nSPS) is 18.8. The average molecular weight is 454 g/mol. The summed E-state index contributed by atoms with van der Waals surface area (Å²) >= 11 is 0. The number of nitrogens with one attached hydrogen (secondary N) is 3. The number of hydrazine groups is 1. The van der Waals surface area contributed by atoms with Crippen molar-refractivity contribution in [1.82, 2.24) is 16.2 Å². The van der Waals surface area contributed by atoms with Crippen molar-refractivity contribution in [3.05, 3.63) is 0 Å². The monoisotopic (exact) mass is 453 g/mol. The molecule has 1 rings (SSSR count). The SMILES string of the molecule is CC(C)CC(NC(=O)C(CC(=O)OCC(C)(C)C)C(C)C)C(=O)CC1CNNC(=O)C1=O. The second kappa shape index (κ2) is 12.1. The molecule has 0 bridgehead atoms. The highest BCUT2D eigenvalue weighted by Crippen LogP contribution is 2.20. The molecule has 0 spiro atoms. The topological polar surface area (TPSA) is 131 Å². The van der Waals surface area contributed by atoms with E-state index < -0.39 is 41.4 Å². The molecule has 0 aromatic carbocycles. The Morgan fingerprint density at radius 1 is 1.12 bits per heavy atom. The predicted molar refractivity (Wildman–Crippen MR) is 119 cm³/mol. The summed E-state index contributed by atoms with van der Waals surface area (Å²) in [5.74, 6) is -4.00. The molecular formula is C23H39N3O6. The Kier molecular flexibility index (Phi) is 10.5. The van der Waals surface area contributed by atoms with Gasteiger partial charge in [-0.15, -0.1) is 0 Å². The molecule has 0 radical (unpaired) electrons. The lowest BCUT2D eigenvalue weighted by Gasteiger charge is -2.27. The summed E-state index contributed by atoms with van der Waals surface area (Å²) in [6.07, 6.45) is 0.175. The molecule has 1 saturated heterocycles. The Bertz CT molecular complexity index is 711. The number of carbonyl (C=O) groups is 5. The lowest BCUT2D eigenvalue weighted by atomic mass is 9.88. The van der Waals surface area contributed by atoms with Gasteiger partial charge in [-0.2, -0.15) is 0 Å². The first-order valence-electron chi connectivity index (χ1n) is 11.3. The molecule has 0 aromatic heterocycles. The van der Waals surface area contributed by atoms with Gasteiger partial charge in [-0.05, 0) is 23.7 Å². The van der Waals surface area contributed by atoms with Gasteiger partial charge in [0.05, 0.1) is 25.0 Å². The summed E-state index contributed by atoms with van der Waals surface area (Å²) in [7, 11) is 0. The van der Waals surface area contributed by atoms with Gasteiger partial charge in [0.1, 0.15) is 0 Å². The van der Waals surface area contributed by atoms with E-state index in [2.05, 4.69) is 16.2 Å². The van der Waals surface area contributed by atoms with Gasteiger partial charge in [-0.1, -0.05) is 48.5 Å². The van der Waals surface area contributed by atoms with Crippen LogP contribution in [0.4, 0.5) is 0 Å². The molecule has 3 N–H and O–H groups in total. The summed E-state index contributed by atoms with van der Waals surface area (Å²) in [4.78, 5) is 61.8. The quantitative estimate of drug-likeness (QED) is 0.319. The highest BCUT2D eigenvalue weighted by atomic mass is 16.5. The molecule has 32 heavy (non-hydrogen) atoms. The van der Waals surface area contributed by atoms with Gasteiger partial charge in [-0.25, -0.2) is 5.43 Å². The molecule has 1 heterocycles. The molecular weight excluding hydrogens is 414 g/mol. The van der Waals surface area contributed by atoms with E-state index in [4.69, 9.17) is 4.74 Å². The van der Waals surface area contributed by atoms with Crippen molar-refractivity contribution in [1.29, 1.82) is 0 Å². The first-order chi connectivity index (χ1) is 14.7. The van der Waals surface area contributed by atoms with Crippen LogP contribution in [0.1, 0.15) is 67.7 Å². The van der Waals surface area contributed by atoms with E-state index in [0.717, 1.165) is 0 Å². The zero-order valence-corrected chi connectivity index (χ0v) is 20.4. The number of hydrogen-bond acceptors (Lipinski definition) is 7. The van der Waals surface area contributed by atoms with Crippen LogP contribution in [0.5, 0.6) is 0 Å². The Labute approximate surface area is 190 Å². The molecule has 1 fully saturated rings. The molecule has 3 unspecified atom stereocenters. The van der Waals surface area contributed by atoms with Gasteiger partial charge in [0.25, 0.3) is 0 Å². The first-order valence-corrected chi connectivity index (χ1v) is 11.3. The maximum Gasteiger partial charge on any atom is 0.306 e. The van der Waals surface area contributed by atoms with Gasteiger partial charge in [-0.3, -0.25) is 29.4 Å². The van der Waals surface area contributed by atoms with E-state index in [0.29, 0.717) is 6.42 Å². The number of Topliss-reactive ketones (excluding diaryl/α,β-unsaturated/α-hetero) is 2. The van der Waals surface area contributed by atoms with Crippen LogP contribution in [0.3, 0.4) is 0 Å². The van der Waals surface area contributed by atoms with Gasteiger partial charge < -0.3 is 10.1 Å². The molecule has 3 atom stereocenters. The fraction of sp³-hybridized carbons (Fsp3) is 0.783. The number of amides is 2. The third-order valence-corrected chi connectivity index (χ3v) is 5.20. The number of ether oxygens (including phenoxy) is 1. The van der Waals surface area contributed by atoms with Crippen LogP contribution in [0.15, 0.2) is 0 Å². The van der Waals surface area contributed by atoms with E-state index in [1.54, 1.807) is 0 Å². The maximum absolute atomic E-state index is 13.0. The second-order valence-corrected chi connectivity index (χ2v) is 10.5. The standard InChI is InChI=1S/C23H39N3O6/c1-13(2)8-17(18(27)9-15-11-24-26-22(31)20(15)29)25-21(30)16(14(3)4)10-19(28)32-12-23(5,6)7/h13-17,24H,8-12H2,1-7H3,(H,25,30)(H,26,31). The average Bonchev–Trinajstić information content (AvgIpc) is 2.66. The summed E-state index contributed by atoms with van der Waals surface area (Å²) in [5, 5.41) is 2.79. The van der Waals surface area contributed by atoms with Crippen molar-refractivity contribution in [2.45, 2.75) is 73.8 Å². The smallest absolute Gasteiger partial charge is 0.306 e. The third-order valence-electron chi connectivity index (χ3n) is 5.20. The number of ketones is 2. The van der Waals surface area contributed by atoms with E-state index in [9.17, 15) is 24.0 Å². The van der Waals surface area contributed by atoms with Crippen LogP contribution in [-0.4, -0.2) is 48.5 Å². The lowest BCUT2D eigenvalue weighted by Crippen LogP contribution is -2.54. The van der Waals surface area contributed by atoms with Crippen molar-refractivity contribution >= 4 is 29.4 Å². The highest BCUT2D eigenvalue weighted by Gasteiger charge is 2.35. The van der Waals surface area contributed by atoms with Gasteiger partial charge in [0, 0.05) is 18.9 Å². The van der Waals surface area contributed by atoms with Crippen LogP contribution in [0.2, 0.25) is 0 Å². The molecule has 2 amide bonds. The molecule has 182 valence electrons. The highest BCUT2D eigenvalue weighted by molar-refractivity contribution is 6.37. The second-order valence-electron chi connectivity index (χ2n) is 10.5. The first kappa shape index (κ1) is 27.7. The minimum atomic E-state index is -0.799. The molecule has 9 heteroatoms. The number of esters is 1. The summed E-state index contributed by atoms with van der Waals surface area (Å²) in [5.41, 5.74) is 4.66. The van der Waals surface area contributed by atoms with E-state index in [-0.39, 0.29) is 49.0 Å². The minimum absolute atomic E-state index is 0.0760. The van der Waals surface area contributed by atoms with Crippen molar-refractivity contribution in [2.24, 2.45) is 29.1 Å². The van der Waals surface area contributed by atoms with Crippen molar-refractivity contribution in [3.63, 3.8) is 0 Å². The zero-order valence-electron chi connectivity index (χ0n) is 20.4. The van der Waals surface area contributed by atoms with Crippen LogP contribution in [0, 0.1) is 29.1 Å². The van der Waals surface area contributed by atoms with E-state index in [1.807, 2.05) is 48.5 Å². The summed E-state index contributed by atoms with van der Waals surface area (Å²) in [6.45, 7) is 13.8. The Morgan fingerprint density at radius 2 is 1.75 bits per heavy atom. The number of carbonyl (C=O) groups excluding carboxylic acids is 5. The molecule has 1 aliphatic rings. The molecule has 0 aliphatic carbocycles.